The van der Waals surface area contributed by atoms with E-state index in [0.29, 0.717) is 22.5 Å². The Kier molecular flexibility index (Phi) is 3.76. The average Bonchev–Trinajstić information content (AvgIpc) is 2.61. The van der Waals surface area contributed by atoms with Gasteiger partial charge in [0.15, 0.2) is 6.04 Å². The summed E-state index contributed by atoms with van der Waals surface area (Å²) in [7, 11) is 0. The number of amides is 3. The van der Waals surface area contributed by atoms with Crippen LogP contribution in [-0.4, -0.2) is 32.9 Å². The first kappa shape index (κ1) is 16.0. The van der Waals surface area contributed by atoms with E-state index in [1.807, 2.05) is 6.92 Å². The van der Waals surface area contributed by atoms with Gasteiger partial charge in [-0.15, -0.1) is 0 Å². The molecule has 0 spiro atoms. The molecule has 1 fully saturated rings. The summed E-state index contributed by atoms with van der Waals surface area (Å²) in [6, 6.07) is 2.35. The molecule has 9 heteroatoms. The van der Waals surface area contributed by atoms with E-state index in [-0.39, 0.29) is 5.95 Å². The summed E-state index contributed by atoms with van der Waals surface area (Å²) >= 11 is 0. The molecule has 0 radical (unpaired) electrons. The summed E-state index contributed by atoms with van der Waals surface area (Å²) in [5.41, 5.74) is 8.37. The van der Waals surface area contributed by atoms with Crippen molar-refractivity contribution >= 4 is 34.7 Å². The molecule has 9 nitrogen and oxygen atoms in total. The Morgan fingerprint density at radius 2 is 2.04 bits per heavy atom. The summed E-state index contributed by atoms with van der Waals surface area (Å²) in [5, 5.41) is 4.93. The van der Waals surface area contributed by atoms with Gasteiger partial charge < -0.3 is 16.0 Å². The first-order chi connectivity index (χ1) is 12.6. The quantitative estimate of drug-likeness (QED) is 0.752. The van der Waals surface area contributed by atoms with Crippen molar-refractivity contribution in [1.29, 1.82) is 0 Å². The van der Waals surface area contributed by atoms with Gasteiger partial charge in [-0.2, -0.15) is 0 Å². The fraction of sp³-hybridized carbons (Fsp3) is 0.235. The molecule has 26 heavy (non-hydrogen) atoms. The van der Waals surface area contributed by atoms with Gasteiger partial charge in [0.1, 0.15) is 11.3 Å². The van der Waals surface area contributed by atoms with Gasteiger partial charge in [0.25, 0.3) is 5.91 Å². The predicted molar refractivity (Wildman–Crippen MR) is 95.9 cm³/mol. The Balaban J connectivity index is 1.79. The molecular weight excluding hydrogens is 334 g/mol. The van der Waals surface area contributed by atoms with Crippen LogP contribution in [0.5, 0.6) is 0 Å². The number of carbonyl (C=O) groups is 2. The maximum Gasteiger partial charge on any atom is 0.325 e. The van der Waals surface area contributed by atoms with Crippen molar-refractivity contribution in [2.45, 2.75) is 25.8 Å². The SMILES string of the molecule is CCCc1nc(N)nc2ccc(N3C=CC=C4NC(=O)NC(=O)C43)nc12. The zero-order chi connectivity index (χ0) is 18.3. The minimum Gasteiger partial charge on any atom is -0.368 e. The Hall–Kier alpha value is -3.49. The van der Waals surface area contributed by atoms with Crippen LogP contribution < -0.4 is 21.3 Å². The number of fused-ring (bicyclic) bond motifs is 2. The van der Waals surface area contributed by atoms with Crippen LogP contribution in [0.3, 0.4) is 0 Å². The van der Waals surface area contributed by atoms with Gasteiger partial charge in [0, 0.05) is 6.20 Å². The monoisotopic (exact) mass is 351 g/mol. The average molecular weight is 351 g/mol. The van der Waals surface area contributed by atoms with Crippen molar-refractivity contribution in [2.75, 3.05) is 10.6 Å². The highest BCUT2D eigenvalue weighted by Gasteiger charge is 2.36. The normalized spacial score (nSPS) is 19.0. The number of nitrogen functional groups attached to an aromatic ring is 1. The predicted octanol–water partition coefficient (Wildman–Crippen LogP) is 0.985. The first-order valence-electron chi connectivity index (χ1n) is 8.28. The van der Waals surface area contributed by atoms with Gasteiger partial charge in [0.2, 0.25) is 5.95 Å². The number of carbonyl (C=O) groups excluding carboxylic acids is 2. The summed E-state index contributed by atoms with van der Waals surface area (Å²) in [6.45, 7) is 2.05. The van der Waals surface area contributed by atoms with Crippen LogP contribution in [0.15, 0.2) is 36.2 Å². The van der Waals surface area contributed by atoms with E-state index >= 15 is 0 Å². The zero-order valence-corrected chi connectivity index (χ0v) is 14.1. The molecule has 1 unspecified atom stereocenters. The van der Waals surface area contributed by atoms with E-state index in [4.69, 9.17) is 5.73 Å². The van der Waals surface area contributed by atoms with Crippen LogP contribution in [-0.2, 0) is 11.2 Å². The number of hydrogen-bond acceptors (Lipinski definition) is 7. The van der Waals surface area contributed by atoms with Gasteiger partial charge in [-0.25, -0.2) is 19.7 Å². The standard InChI is InChI=1S/C17H17N7O2/c1-2-4-9-13-10(20-16(18)19-9)6-7-12(22-13)24-8-3-5-11-14(24)15(25)23-17(26)21-11/h3,5-8,14H,2,4H2,1H3,(H2,18,19,20)(H2,21,23,25,26). The highest BCUT2D eigenvalue weighted by molar-refractivity contribution is 6.04. The molecule has 4 N–H and O–H groups in total. The molecule has 1 atom stereocenters. The number of imide groups is 1. The largest absolute Gasteiger partial charge is 0.368 e. The Morgan fingerprint density at radius 1 is 1.19 bits per heavy atom. The molecule has 0 aromatic carbocycles. The van der Waals surface area contributed by atoms with Crippen molar-refractivity contribution < 1.29 is 9.59 Å². The highest BCUT2D eigenvalue weighted by Crippen LogP contribution is 2.26. The topological polar surface area (TPSA) is 126 Å². The van der Waals surface area contributed by atoms with Crippen LogP contribution in [0.2, 0.25) is 0 Å². The van der Waals surface area contributed by atoms with Crippen molar-refractivity contribution in [2.24, 2.45) is 0 Å². The number of aromatic nitrogens is 3. The molecule has 2 aliphatic heterocycles. The molecule has 2 aromatic heterocycles. The second kappa shape index (κ2) is 6.10. The zero-order valence-electron chi connectivity index (χ0n) is 14.1. The number of urea groups is 1. The van der Waals surface area contributed by atoms with Crippen LogP contribution in [0.1, 0.15) is 19.0 Å². The number of allylic oxidation sites excluding steroid dienone is 2. The van der Waals surface area contributed by atoms with Gasteiger partial charge in [-0.05, 0) is 30.7 Å². The third-order valence-corrected chi connectivity index (χ3v) is 4.21. The van der Waals surface area contributed by atoms with E-state index in [9.17, 15) is 9.59 Å². The minimum absolute atomic E-state index is 0.216. The second-order valence-corrected chi connectivity index (χ2v) is 6.03. The fourth-order valence-corrected chi connectivity index (χ4v) is 3.13. The summed E-state index contributed by atoms with van der Waals surface area (Å²) in [4.78, 5) is 38.8. The van der Waals surface area contributed by atoms with E-state index in [1.54, 1.807) is 35.4 Å². The number of hydrogen-bond donors (Lipinski definition) is 3. The summed E-state index contributed by atoms with van der Waals surface area (Å²) < 4.78 is 0. The summed E-state index contributed by atoms with van der Waals surface area (Å²) in [5.74, 6) is 0.364. The molecule has 4 heterocycles. The Morgan fingerprint density at radius 3 is 2.85 bits per heavy atom. The third-order valence-electron chi connectivity index (χ3n) is 4.21. The molecule has 1 saturated heterocycles. The van der Waals surface area contributed by atoms with Gasteiger partial charge in [0.05, 0.1) is 16.9 Å². The van der Waals surface area contributed by atoms with Crippen molar-refractivity contribution in [3.8, 4) is 0 Å². The second-order valence-electron chi connectivity index (χ2n) is 6.03. The van der Waals surface area contributed by atoms with E-state index in [2.05, 4.69) is 25.6 Å². The van der Waals surface area contributed by atoms with Gasteiger partial charge in [-0.3, -0.25) is 10.1 Å². The van der Waals surface area contributed by atoms with Crippen LogP contribution in [0.4, 0.5) is 16.6 Å². The highest BCUT2D eigenvalue weighted by atomic mass is 16.2. The van der Waals surface area contributed by atoms with Crippen molar-refractivity contribution in [3.63, 3.8) is 0 Å². The lowest BCUT2D eigenvalue weighted by Crippen LogP contribution is -2.59. The van der Waals surface area contributed by atoms with E-state index in [1.165, 1.54) is 0 Å². The van der Waals surface area contributed by atoms with E-state index in [0.717, 1.165) is 18.5 Å². The van der Waals surface area contributed by atoms with Crippen LogP contribution in [0.25, 0.3) is 11.0 Å². The Labute approximate surface area is 149 Å². The molecule has 2 aromatic rings. The number of rotatable bonds is 3. The third kappa shape index (κ3) is 2.63. The molecule has 0 bridgehead atoms. The van der Waals surface area contributed by atoms with Gasteiger partial charge >= 0.3 is 6.03 Å². The molecule has 4 rings (SSSR count). The first-order valence-corrected chi connectivity index (χ1v) is 8.28. The maximum absolute atomic E-state index is 12.3. The molecule has 2 aliphatic rings. The van der Waals surface area contributed by atoms with Crippen molar-refractivity contribution in [1.82, 2.24) is 25.6 Å². The minimum atomic E-state index is -0.688. The lowest BCUT2D eigenvalue weighted by Gasteiger charge is -2.35. The number of nitrogens with zero attached hydrogens (tertiary/aromatic N) is 4. The fourth-order valence-electron chi connectivity index (χ4n) is 3.13. The number of nitrogens with one attached hydrogen (secondary N) is 2. The number of anilines is 2. The lowest BCUT2D eigenvalue weighted by molar-refractivity contribution is -0.121. The molecule has 0 saturated carbocycles. The van der Waals surface area contributed by atoms with Crippen molar-refractivity contribution in [3.05, 3.63) is 41.9 Å². The van der Waals surface area contributed by atoms with Crippen LogP contribution in [0, 0.1) is 0 Å². The number of aryl methyl sites for hydroxylation is 1. The summed E-state index contributed by atoms with van der Waals surface area (Å²) in [6.07, 6.45) is 6.82. The molecule has 132 valence electrons. The molecule has 0 aliphatic carbocycles. The maximum atomic E-state index is 12.3. The Bertz CT molecular complexity index is 982. The van der Waals surface area contributed by atoms with E-state index < -0.39 is 18.0 Å². The molecule has 3 amide bonds. The smallest absolute Gasteiger partial charge is 0.325 e. The number of pyridine rings is 1. The van der Waals surface area contributed by atoms with Crippen LogP contribution >= 0.6 is 0 Å². The lowest BCUT2D eigenvalue weighted by atomic mass is 10.1. The number of nitrogens with two attached hydrogens (primary N) is 1. The van der Waals surface area contributed by atoms with Gasteiger partial charge in [-0.1, -0.05) is 13.3 Å². The molecular formula is C17H17N7O2.